The molecule has 1 heterocycles. The Morgan fingerprint density at radius 1 is 1.11 bits per heavy atom. The molecule has 1 saturated heterocycles. The van der Waals surface area contributed by atoms with Crippen molar-refractivity contribution in [2.45, 2.75) is 26.8 Å². The zero-order chi connectivity index (χ0) is 19.6. The number of ether oxygens (including phenoxy) is 2. The molecule has 1 aromatic carbocycles. The molecule has 8 heteroatoms. The van der Waals surface area contributed by atoms with Gasteiger partial charge in [0.1, 0.15) is 0 Å². The summed E-state index contributed by atoms with van der Waals surface area (Å²) in [7, 11) is 3.28. The topological polar surface area (TPSA) is 61.4 Å². The first-order valence-electron chi connectivity index (χ1n) is 9.85. The number of guanidine groups is 1. The highest BCUT2D eigenvalue weighted by molar-refractivity contribution is 14.0. The van der Waals surface area contributed by atoms with Gasteiger partial charge in [0.05, 0.1) is 20.8 Å². The van der Waals surface area contributed by atoms with Gasteiger partial charge in [0.15, 0.2) is 17.5 Å². The number of halogens is 1. The quantitative estimate of drug-likeness (QED) is 0.322. The standard InChI is InChI=1S/C20H35N5O2.HI/c1-6-21-20(23-17-8-9-18(26-4)19(14-17)27-5)22-15-16(3)25-12-10-24(7-2)11-13-25;/h8-9,14,16H,6-7,10-13,15H2,1-5H3,(H2,21,22,23);1H. The van der Waals surface area contributed by atoms with Crippen molar-refractivity contribution in [1.29, 1.82) is 0 Å². The van der Waals surface area contributed by atoms with E-state index in [0.29, 0.717) is 17.5 Å². The van der Waals surface area contributed by atoms with E-state index in [1.165, 1.54) is 0 Å². The summed E-state index contributed by atoms with van der Waals surface area (Å²) in [6.07, 6.45) is 0. The monoisotopic (exact) mass is 505 g/mol. The Bertz CT molecular complexity index is 606. The minimum atomic E-state index is 0. The summed E-state index contributed by atoms with van der Waals surface area (Å²) in [5, 5.41) is 6.67. The van der Waals surface area contributed by atoms with Crippen molar-refractivity contribution in [2.75, 3.05) is 65.3 Å². The number of nitrogens with one attached hydrogen (secondary N) is 2. The molecule has 160 valence electrons. The molecule has 7 nitrogen and oxygen atoms in total. The molecule has 0 saturated carbocycles. The van der Waals surface area contributed by atoms with Crippen molar-refractivity contribution in [3.8, 4) is 11.5 Å². The van der Waals surface area contributed by atoms with Crippen LogP contribution in [0.1, 0.15) is 20.8 Å². The number of piperazine rings is 1. The van der Waals surface area contributed by atoms with E-state index >= 15 is 0 Å². The van der Waals surface area contributed by atoms with Gasteiger partial charge >= 0.3 is 0 Å². The van der Waals surface area contributed by atoms with Gasteiger partial charge in [0.2, 0.25) is 0 Å². The first kappa shape index (κ1) is 24.8. The third-order valence-corrected chi connectivity index (χ3v) is 4.98. The number of benzene rings is 1. The third-order valence-electron chi connectivity index (χ3n) is 4.98. The second kappa shape index (κ2) is 13.1. The van der Waals surface area contributed by atoms with Crippen molar-refractivity contribution in [3.05, 3.63) is 18.2 Å². The summed E-state index contributed by atoms with van der Waals surface area (Å²) < 4.78 is 10.7. The van der Waals surface area contributed by atoms with Gasteiger partial charge in [-0.3, -0.25) is 9.89 Å². The fourth-order valence-corrected chi connectivity index (χ4v) is 3.22. The molecule has 0 bridgehead atoms. The summed E-state index contributed by atoms with van der Waals surface area (Å²) >= 11 is 0. The molecule has 1 aliphatic heterocycles. The smallest absolute Gasteiger partial charge is 0.195 e. The number of nitrogens with zero attached hydrogens (tertiary/aromatic N) is 3. The molecule has 28 heavy (non-hydrogen) atoms. The van der Waals surface area contributed by atoms with Crippen molar-refractivity contribution < 1.29 is 9.47 Å². The van der Waals surface area contributed by atoms with E-state index in [4.69, 9.17) is 14.5 Å². The molecular weight excluding hydrogens is 469 g/mol. The van der Waals surface area contributed by atoms with Crippen LogP contribution in [0.2, 0.25) is 0 Å². The van der Waals surface area contributed by atoms with Crippen LogP contribution < -0.4 is 20.1 Å². The Labute approximate surface area is 186 Å². The Balaban J connectivity index is 0.00000392. The van der Waals surface area contributed by atoms with Gasteiger partial charge < -0.3 is 25.0 Å². The zero-order valence-corrected chi connectivity index (χ0v) is 20.2. The van der Waals surface area contributed by atoms with Crippen LogP contribution >= 0.6 is 24.0 Å². The molecule has 0 aromatic heterocycles. The number of anilines is 1. The molecular formula is C20H36IN5O2. The highest BCUT2D eigenvalue weighted by Crippen LogP contribution is 2.29. The van der Waals surface area contributed by atoms with E-state index in [-0.39, 0.29) is 24.0 Å². The van der Waals surface area contributed by atoms with Crippen LogP contribution in [0.25, 0.3) is 0 Å². The molecule has 2 rings (SSSR count). The highest BCUT2D eigenvalue weighted by atomic mass is 127. The maximum absolute atomic E-state index is 5.38. The van der Waals surface area contributed by atoms with Crippen molar-refractivity contribution in [2.24, 2.45) is 4.99 Å². The molecule has 1 aromatic rings. The van der Waals surface area contributed by atoms with Crippen LogP contribution in [-0.2, 0) is 0 Å². The lowest BCUT2D eigenvalue weighted by molar-refractivity contribution is 0.109. The number of rotatable bonds is 8. The van der Waals surface area contributed by atoms with Crippen LogP contribution in [0.3, 0.4) is 0 Å². The molecule has 0 aliphatic carbocycles. The first-order valence-corrected chi connectivity index (χ1v) is 9.85. The van der Waals surface area contributed by atoms with Crippen molar-refractivity contribution in [1.82, 2.24) is 15.1 Å². The van der Waals surface area contributed by atoms with Gasteiger partial charge in [-0.05, 0) is 32.5 Å². The Morgan fingerprint density at radius 3 is 2.36 bits per heavy atom. The summed E-state index contributed by atoms with van der Waals surface area (Å²) in [6.45, 7) is 13.8. The Kier molecular flexibility index (Phi) is 11.6. The average molecular weight is 505 g/mol. The van der Waals surface area contributed by atoms with Gasteiger partial charge in [-0.2, -0.15) is 0 Å². The van der Waals surface area contributed by atoms with Gasteiger partial charge in [-0.15, -0.1) is 24.0 Å². The van der Waals surface area contributed by atoms with E-state index in [1.54, 1.807) is 14.2 Å². The SMILES string of the molecule is CCNC(=NCC(C)N1CCN(CC)CC1)Nc1ccc(OC)c(OC)c1.I. The predicted molar refractivity (Wildman–Crippen MR) is 128 cm³/mol. The second-order valence-electron chi connectivity index (χ2n) is 6.73. The lowest BCUT2D eigenvalue weighted by Gasteiger charge is -2.37. The normalized spacial score (nSPS) is 16.8. The molecule has 0 amide bonds. The number of hydrogen-bond donors (Lipinski definition) is 2. The number of methoxy groups -OCH3 is 2. The number of aliphatic imine (C=N–C) groups is 1. The molecule has 1 aliphatic rings. The van der Waals surface area contributed by atoms with E-state index in [1.807, 2.05) is 18.2 Å². The Hall–Kier alpha value is -1.26. The molecule has 1 unspecified atom stereocenters. The van der Waals surface area contributed by atoms with Crippen molar-refractivity contribution >= 4 is 35.6 Å². The minimum absolute atomic E-state index is 0. The number of likely N-dealkylation sites (N-methyl/N-ethyl adjacent to an activating group) is 1. The summed E-state index contributed by atoms with van der Waals surface area (Å²) in [4.78, 5) is 9.81. The van der Waals surface area contributed by atoms with Crippen LogP contribution in [0, 0.1) is 0 Å². The fraction of sp³-hybridized carbons (Fsp3) is 0.650. The maximum atomic E-state index is 5.38. The highest BCUT2D eigenvalue weighted by Gasteiger charge is 2.20. The van der Waals surface area contributed by atoms with Crippen LogP contribution in [0.15, 0.2) is 23.2 Å². The van der Waals surface area contributed by atoms with E-state index in [2.05, 4.69) is 41.2 Å². The van der Waals surface area contributed by atoms with Crippen LogP contribution in [0.4, 0.5) is 5.69 Å². The fourth-order valence-electron chi connectivity index (χ4n) is 3.22. The summed E-state index contributed by atoms with van der Waals surface area (Å²) in [5.41, 5.74) is 0.913. The Morgan fingerprint density at radius 2 is 1.79 bits per heavy atom. The predicted octanol–water partition coefficient (Wildman–Crippen LogP) is 2.73. The van der Waals surface area contributed by atoms with Crippen LogP contribution in [0.5, 0.6) is 11.5 Å². The van der Waals surface area contributed by atoms with Crippen molar-refractivity contribution in [3.63, 3.8) is 0 Å². The molecule has 1 atom stereocenters. The van der Waals surface area contributed by atoms with Gasteiger partial charge in [0, 0.05) is 50.5 Å². The largest absolute Gasteiger partial charge is 0.493 e. The third kappa shape index (κ3) is 7.29. The second-order valence-corrected chi connectivity index (χ2v) is 6.73. The summed E-state index contributed by atoms with van der Waals surface area (Å²) in [6, 6.07) is 6.19. The average Bonchev–Trinajstić information content (AvgIpc) is 2.71. The lowest BCUT2D eigenvalue weighted by Crippen LogP contribution is -2.50. The van der Waals surface area contributed by atoms with Gasteiger partial charge in [0.25, 0.3) is 0 Å². The first-order chi connectivity index (χ1) is 13.1. The minimum Gasteiger partial charge on any atom is -0.493 e. The molecule has 1 fully saturated rings. The summed E-state index contributed by atoms with van der Waals surface area (Å²) in [5.74, 6) is 2.19. The van der Waals surface area contributed by atoms with Gasteiger partial charge in [-0.25, -0.2) is 0 Å². The van der Waals surface area contributed by atoms with Gasteiger partial charge in [-0.1, -0.05) is 6.92 Å². The lowest BCUT2D eigenvalue weighted by atomic mass is 10.2. The van der Waals surface area contributed by atoms with E-state index in [0.717, 1.165) is 57.5 Å². The number of hydrogen-bond acceptors (Lipinski definition) is 5. The molecule has 2 N–H and O–H groups in total. The van der Waals surface area contributed by atoms with E-state index < -0.39 is 0 Å². The van der Waals surface area contributed by atoms with E-state index in [9.17, 15) is 0 Å². The zero-order valence-electron chi connectivity index (χ0n) is 17.8. The van der Waals surface area contributed by atoms with Crippen LogP contribution in [-0.4, -0.2) is 81.8 Å². The molecule has 0 spiro atoms. The molecule has 0 radical (unpaired) electrons. The maximum Gasteiger partial charge on any atom is 0.195 e.